The normalized spacial score (nSPS) is 22.2. The van der Waals surface area contributed by atoms with Gasteiger partial charge in [0.05, 0.1) is 11.1 Å². The van der Waals surface area contributed by atoms with Crippen LogP contribution in [-0.2, 0) is 12.4 Å². The number of hydrogen-bond acceptors (Lipinski definition) is 3. The third-order valence-electron chi connectivity index (χ3n) is 7.59. The predicted molar refractivity (Wildman–Crippen MR) is 128 cm³/mol. The number of alkyl halides is 6. The van der Waals surface area contributed by atoms with Crippen LogP contribution in [0.2, 0.25) is 0 Å². The van der Waals surface area contributed by atoms with Gasteiger partial charge in [0.2, 0.25) is 0 Å². The number of likely N-dealkylation sites (N-methyl/N-ethyl adjacent to an activating group) is 1. The predicted octanol–water partition coefficient (Wildman–Crippen LogP) is 5.71. The maximum absolute atomic E-state index is 13.4. The summed E-state index contributed by atoms with van der Waals surface area (Å²) < 4.78 is 80.3. The van der Waals surface area contributed by atoms with Crippen LogP contribution in [0, 0.1) is 6.92 Å². The number of nitrogens with zero attached hydrogens (tertiary/aromatic N) is 2. The highest BCUT2D eigenvalue weighted by Crippen LogP contribution is 2.38. The van der Waals surface area contributed by atoms with E-state index in [9.17, 15) is 31.1 Å². The molecule has 2 aromatic rings. The first-order valence-electron chi connectivity index (χ1n) is 12.4. The van der Waals surface area contributed by atoms with Crippen LogP contribution in [0.15, 0.2) is 42.5 Å². The molecule has 1 N–H and O–H groups in total. The van der Waals surface area contributed by atoms with Crippen LogP contribution in [-0.4, -0.2) is 61.0 Å². The van der Waals surface area contributed by atoms with E-state index in [0.29, 0.717) is 37.7 Å². The van der Waals surface area contributed by atoms with Crippen molar-refractivity contribution in [2.45, 2.75) is 56.5 Å². The van der Waals surface area contributed by atoms with Crippen molar-refractivity contribution in [2.75, 3.05) is 33.2 Å². The van der Waals surface area contributed by atoms with E-state index in [1.807, 2.05) is 31.2 Å². The summed E-state index contributed by atoms with van der Waals surface area (Å²) in [5.41, 5.74) is -1.54. The van der Waals surface area contributed by atoms with Gasteiger partial charge >= 0.3 is 12.4 Å². The summed E-state index contributed by atoms with van der Waals surface area (Å²) in [4.78, 5) is 17.1. The average Bonchev–Trinajstić information content (AvgIpc) is 2.87. The molecule has 2 aliphatic rings. The van der Waals surface area contributed by atoms with E-state index in [1.54, 1.807) is 0 Å². The summed E-state index contributed by atoms with van der Waals surface area (Å²) in [5, 5.41) is 3.35. The number of likely N-dealkylation sites (tertiary alicyclic amines) is 1. The molecule has 0 saturated carbocycles. The van der Waals surface area contributed by atoms with Crippen molar-refractivity contribution in [3.05, 3.63) is 70.3 Å². The van der Waals surface area contributed by atoms with Crippen LogP contribution in [0.4, 0.5) is 26.3 Å². The number of carbonyl (C=O) groups excluding carboxylic acids is 1. The molecule has 2 aromatic carbocycles. The van der Waals surface area contributed by atoms with Crippen LogP contribution in [0.1, 0.15) is 57.8 Å². The van der Waals surface area contributed by atoms with E-state index < -0.39 is 35.0 Å². The number of nitrogens with one attached hydrogen (secondary N) is 1. The van der Waals surface area contributed by atoms with Gasteiger partial charge in [-0.2, -0.15) is 26.3 Å². The van der Waals surface area contributed by atoms with Gasteiger partial charge in [0.1, 0.15) is 0 Å². The zero-order chi connectivity index (χ0) is 27.0. The molecule has 4 nitrogen and oxygen atoms in total. The molecule has 37 heavy (non-hydrogen) atoms. The molecule has 2 fully saturated rings. The third-order valence-corrected chi connectivity index (χ3v) is 7.59. The zero-order valence-corrected chi connectivity index (χ0v) is 20.8. The highest BCUT2D eigenvalue weighted by molar-refractivity contribution is 5.94. The summed E-state index contributed by atoms with van der Waals surface area (Å²) in [7, 11) is 1.47. The van der Waals surface area contributed by atoms with Gasteiger partial charge in [-0.05, 0) is 63.0 Å². The average molecular weight is 528 g/mol. The number of carbonyl (C=O) groups is 1. The molecule has 2 saturated heterocycles. The fourth-order valence-corrected chi connectivity index (χ4v) is 5.51. The lowest BCUT2D eigenvalue weighted by molar-refractivity contribution is -0.143. The maximum atomic E-state index is 13.4. The summed E-state index contributed by atoms with van der Waals surface area (Å²) >= 11 is 0. The van der Waals surface area contributed by atoms with Crippen LogP contribution in [0.3, 0.4) is 0 Å². The first-order chi connectivity index (χ1) is 17.3. The smallest absolute Gasteiger partial charge is 0.338 e. The molecular weight excluding hydrogens is 496 g/mol. The minimum absolute atomic E-state index is 0.0450. The Labute approximate surface area is 212 Å². The van der Waals surface area contributed by atoms with E-state index in [0.717, 1.165) is 37.1 Å². The molecule has 4 rings (SSSR count). The number of aryl methyl sites for hydroxylation is 1. The highest BCUT2D eigenvalue weighted by atomic mass is 19.4. The lowest BCUT2D eigenvalue weighted by Crippen LogP contribution is -2.54. The molecule has 10 heteroatoms. The summed E-state index contributed by atoms with van der Waals surface area (Å²) in [5.74, 6) is -0.986. The van der Waals surface area contributed by atoms with Gasteiger partial charge in [-0.3, -0.25) is 9.69 Å². The van der Waals surface area contributed by atoms with Crippen LogP contribution >= 0.6 is 0 Å². The minimum Gasteiger partial charge on any atom is -0.338 e. The first-order valence-corrected chi connectivity index (χ1v) is 12.4. The molecule has 2 atom stereocenters. The Hall–Kier alpha value is -2.59. The maximum Gasteiger partial charge on any atom is 0.416 e. The molecule has 0 radical (unpaired) electrons. The van der Waals surface area contributed by atoms with Gasteiger partial charge in [-0.25, -0.2) is 0 Å². The molecule has 202 valence electrons. The number of rotatable bonds is 4. The largest absolute Gasteiger partial charge is 0.416 e. The zero-order valence-electron chi connectivity index (χ0n) is 20.8. The molecule has 2 heterocycles. The van der Waals surface area contributed by atoms with Crippen molar-refractivity contribution in [1.82, 2.24) is 15.1 Å². The van der Waals surface area contributed by atoms with E-state index in [4.69, 9.17) is 0 Å². The number of halogens is 6. The lowest BCUT2D eigenvalue weighted by Gasteiger charge is -2.46. The van der Waals surface area contributed by atoms with Gasteiger partial charge in [-0.1, -0.05) is 29.8 Å². The SMILES string of the molecule is Cc1ccc([C@@H]2CN(C3CCNCC3)CC[C@H]2N(C)C(=O)c2cc(C(F)(F)F)cc(C(F)(F)F)c2)cc1. The van der Waals surface area contributed by atoms with E-state index in [1.165, 1.54) is 11.9 Å². The molecule has 0 unspecified atom stereocenters. The number of benzene rings is 2. The van der Waals surface area contributed by atoms with Crippen LogP contribution < -0.4 is 5.32 Å². The topological polar surface area (TPSA) is 35.6 Å². The van der Waals surface area contributed by atoms with Crippen LogP contribution in [0.25, 0.3) is 0 Å². The quantitative estimate of drug-likeness (QED) is 0.517. The van der Waals surface area contributed by atoms with Crippen molar-refractivity contribution in [1.29, 1.82) is 0 Å². The Morgan fingerprint density at radius 3 is 2.03 bits per heavy atom. The Kier molecular flexibility index (Phi) is 7.90. The van der Waals surface area contributed by atoms with Crippen molar-refractivity contribution in [2.24, 2.45) is 0 Å². The summed E-state index contributed by atoms with van der Waals surface area (Å²) in [6.07, 6.45) is -7.45. The highest BCUT2D eigenvalue weighted by Gasteiger charge is 2.40. The minimum atomic E-state index is -5.01. The Morgan fingerprint density at radius 2 is 1.49 bits per heavy atom. The van der Waals surface area contributed by atoms with E-state index in [2.05, 4.69) is 10.2 Å². The van der Waals surface area contributed by atoms with Crippen molar-refractivity contribution in [3.8, 4) is 0 Å². The summed E-state index contributed by atoms with van der Waals surface area (Å²) in [6, 6.07) is 9.01. The standard InChI is InChI=1S/C27H31F6N3O/c1-17-3-5-18(6-4-17)23-16-36(22-7-10-34-11-8-22)12-9-24(23)35(2)25(37)19-13-20(26(28,29)30)15-21(14-19)27(31,32)33/h3-6,13-15,22-24,34H,7-12,16H2,1-2H3/t23-,24+/m0/s1. The van der Waals surface area contributed by atoms with Crippen LogP contribution in [0.5, 0.6) is 0 Å². The molecule has 0 aliphatic carbocycles. The first kappa shape index (κ1) is 27.4. The Morgan fingerprint density at radius 1 is 0.919 bits per heavy atom. The third kappa shape index (κ3) is 6.29. The molecule has 0 spiro atoms. The van der Waals surface area contributed by atoms with Crippen molar-refractivity contribution < 1.29 is 31.1 Å². The van der Waals surface area contributed by atoms with Gasteiger partial charge < -0.3 is 10.2 Å². The second kappa shape index (κ2) is 10.6. The Balaban J connectivity index is 1.65. The molecular formula is C27H31F6N3O. The fraction of sp³-hybridized carbons (Fsp3) is 0.519. The van der Waals surface area contributed by atoms with Gasteiger partial charge in [-0.15, -0.1) is 0 Å². The lowest BCUT2D eigenvalue weighted by atomic mass is 9.83. The number of amides is 1. The fourth-order valence-electron chi connectivity index (χ4n) is 5.51. The van der Waals surface area contributed by atoms with E-state index >= 15 is 0 Å². The molecule has 0 bridgehead atoms. The van der Waals surface area contributed by atoms with E-state index in [-0.39, 0.29) is 18.0 Å². The molecule has 0 aromatic heterocycles. The van der Waals surface area contributed by atoms with Crippen molar-refractivity contribution in [3.63, 3.8) is 0 Å². The second-order valence-corrected chi connectivity index (χ2v) is 10.1. The number of piperidine rings is 2. The number of hydrogen-bond donors (Lipinski definition) is 1. The Bertz CT molecular complexity index is 1060. The van der Waals surface area contributed by atoms with Gasteiger partial charge in [0.15, 0.2) is 0 Å². The van der Waals surface area contributed by atoms with Gasteiger partial charge in [0.25, 0.3) is 5.91 Å². The molecule has 1 amide bonds. The monoisotopic (exact) mass is 527 g/mol. The van der Waals surface area contributed by atoms with Crippen molar-refractivity contribution >= 4 is 5.91 Å². The molecule has 2 aliphatic heterocycles. The second-order valence-electron chi connectivity index (χ2n) is 10.1. The van der Waals surface area contributed by atoms with Gasteiger partial charge in [0, 0.05) is 43.7 Å². The summed E-state index contributed by atoms with van der Waals surface area (Å²) in [6.45, 7) is 5.17.